The molecule has 0 saturated heterocycles. The van der Waals surface area contributed by atoms with Crippen LogP contribution in [0.15, 0.2) is 52.1 Å². The first-order valence-electron chi connectivity index (χ1n) is 10.5. The van der Waals surface area contributed by atoms with E-state index in [-0.39, 0.29) is 19.0 Å². The normalized spacial score (nSPS) is 14.3. The standard InChI is InChI=1S/C21H26N6O7/c28-17(16-7-9-25-34-16)26-21(18(29)30,14-32-12-4-8-22-19-23-10-11-24-19)27-20(31)33-13-15-5-2-1-3-6-15/h1-3,5-7,9H,4,8,10-14H2,(H,26,28)(H,27,31)(H,29,30)(H2,22,23,24). The smallest absolute Gasteiger partial charge is 0.409 e. The topological polar surface area (TPSA) is 176 Å². The third-order valence-corrected chi connectivity index (χ3v) is 4.63. The Morgan fingerprint density at radius 3 is 2.68 bits per heavy atom. The SMILES string of the molecule is O=C(NC(COCCCNC1=NCCN1)(NC(=O)c1ccno1)C(=O)O)OCc1ccccc1. The fraction of sp³-hybridized carbons (Fsp3) is 0.381. The summed E-state index contributed by atoms with van der Waals surface area (Å²) in [6.07, 6.45) is 0.691. The van der Waals surface area contributed by atoms with Gasteiger partial charge in [-0.3, -0.25) is 15.1 Å². The number of hydrogen-bond acceptors (Lipinski definition) is 10. The molecule has 0 radical (unpaired) electrons. The average molecular weight is 474 g/mol. The highest BCUT2D eigenvalue weighted by molar-refractivity contribution is 5.96. The Bertz CT molecular complexity index is 983. The van der Waals surface area contributed by atoms with E-state index in [4.69, 9.17) is 14.0 Å². The van der Waals surface area contributed by atoms with Crippen LogP contribution < -0.4 is 21.3 Å². The Morgan fingerprint density at radius 1 is 1.18 bits per heavy atom. The number of alkyl carbamates (subject to hydrolysis) is 1. The highest BCUT2D eigenvalue weighted by Gasteiger charge is 2.43. The number of carboxylic acid groups (broad SMARTS) is 1. The Balaban J connectivity index is 1.59. The maximum Gasteiger partial charge on any atom is 0.409 e. The number of ether oxygens (including phenoxy) is 2. The molecule has 1 unspecified atom stereocenters. The molecule has 2 amide bonds. The number of amides is 2. The molecular formula is C21H26N6O7. The molecule has 1 atom stereocenters. The second-order valence-corrected chi connectivity index (χ2v) is 7.22. The van der Waals surface area contributed by atoms with Crippen molar-refractivity contribution in [3.8, 4) is 0 Å². The van der Waals surface area contributed by atoms with Gasteiger partial charge in [-0.1, -0.05) is 35.5 Å². The number of rotatable bonds is 12. The van der Waals surface area contributed by atoms with Crippen LogP contribution >= 0.6 is 0 Å². The number of aliphatic imine (C=N–C) groups is 1. The second-order valence-electron chi connectivity index (χ2n) is 7.22. The van der Waals surface area contributed by atoms with Crippen molar-refractivity contribution < 1.29 is 33.5 Å². The summed E-state index contributed by atoms with van der Waals surface area (Å²) in [6.45, 7) is 1.50. The van der Waals surface area contributed by atoms with Crippen molar-refractivity contribution in [3.63, 3.8) is 0 Å². The molecule has 1 aromatic heterocycles. The largest absolute Gasteiger partial charge is 0.478 e. The summed E-state index contributed by atoms with van der Waals surface area (Å²) < 4.78 is 15.4. The van der Waals surface area contributed by atoms with Gasteiger partial charge in [0.05, 0.1) is 19.3 Å². The molecular weight excluding hydrogens is 448 g/mol. The van der Waals surface area contributed by atoms with Crippen LogP contribution in [0.2, 0.25) is 0 Å². The third-order valence-electron chi connectivity index (χ3n) is 4.63. The molecule has 1 aliphatic heterocycles. The number of aromatic nitrogens is 1. The lowest BCUT2D eigenvalue weighted by molar-refractivity contribution is -0.149. The summed E-state index contributed by atoms with van der Waals surface area (Å²) in [5.41, 5.74) is -1.61. The molecule has 0 bridgehead atoms. The Labute approximate surface area is 194 Å². The van der Waals surface area contributed by atoms with Gasteiger partial charge in [0.15, 0.2) is 5.96 Å². The molecule has 0 saturated carbocycles. The lowest BCUT2D eigenvalue weighted by Gasteiger charge is -2.30. The van der Waals surface area contributed by atoms with E-state index < -0.39 is 30.2 Å². The quantitative estimate of drug-likeness (QED) is 0.209. The molecule has 0 fully saturated rings. The Kier molecular flexibility index (Phi) is 8.80. The van der Waals surface area contributed by atoms with Crippen LogP contribution in [-0.2, 0) is 20.9 Å². The molecule has 0 aliphatic carbocycles. The molecule has 182 valence electrons. The van der Waals surface area contributed by atoms with Gasteiger partial charge < -0.3 is 35.1 Å². The van der Waals surface area contributed by atoms with Crippen LogP contribution in [0.5, 0.6) is 0 Å². The first-order chi connectivity index (χ1) is 16.5. The number of benzene rings is 1. The van der Waals surface area contributed by atoms with Crippen LogP contribution in [-0.4, -0.2) is 72.7 Å². The van der Waals surface area contributed by atoms with Gasteiger partial charge in [0.25, 0.3) is 5.91 Å². The number of carbonyl (C=O) groups is 3. The van der Waals surface area contributed by atoms with Crippen molar-refractivity contribution in [1.29, 1.82) is 0 Å². The first kappa shape index (κ1) is 24.5. The van der Waals surface area contributed by atoms with Crippen molar-refractivity contribution in [2.75, 3.05) is 32.8 Å². The van der Waals surface area contributed by atoms with E-state index in [9.17, 15) is 19.5 Å². The monoisotopic (exact) mass is 474 g/mol. The molecule has 2 heterocycles. The van der Waals surface area contributed by atoms with Gasteiger partial charge in [-0.05, 0) is 12.0 Å². The molecule has 5 N–H and O–H groups in total. The summed E-state index contributed by atoms with van der Waals surface area (Å²) in [5.74, 6) is -2.00. The van der Waals surface area contributed by atoms with Crippen LogP contribution in [0.3, 0.4) is 0 Å². The van der Waals surface area contributed by atoms with Crippen LogP contribution in [0, 0.1) is 0 Å². The molecule has 34 heavy (non-hydrogen) atoms. The summed E-state index contributed by atoms with van der Waals surface area (Å²) in [6, 6.07) is 10.1. The lowest BCUT2D eigenvalue weighted by Crippen LogP contribution is -2.68. The number of nitrogens with one attached hydrogen (secondary N) is 4. The van der Waals surface area contributed by atoms with Crippen LogP contribution in [0.25, 0.3) is 0 Å². The van der Waals surface area contributed by atoms with E-state index in [0.717, 1.165) is 6.54 Å². The highest BCUT2D eigenvalue weighted by atomic mass is 16.6. The fourth-order valence-corrected chi connectivity index (χ4v) is 2.92. The van der Waals surface area contributed by atoms with Crippen molar-refractivity contribution in [2.45, 2.75) is 18.7 Å². The molecule has 1 aromatic carbocycles. The maximum absolute atomic E-state index is 12.5. The van der Waals surface area contributed by atoms with Gasteiger partial charge in [-0.15, -0.1) is 0 Å². The van der Waals surface area contributed by atoms with Gasteiger partial charge in [0.1, 0.15) is 6.61 Å². The number of carbonyl (C=O) groups excluding carboxylic acids is 2. The minimum atomic E-state index is -2.32. The number of guanidine groups is 1. The van der Waals surface area contributed by atoms with Gasteiger partial charge in [-0.2, -0.15) is 0 Å². The van der Waals surface area contributed by atoms with E-state index in [0.29, 0.717) is 31.0 Å². The predicted octanol–water partition coefficient (Wildman–Crippen LogP) is 0.0672. The van der Waals surface area contributed by atoms with E-state index in [1.54, 1.807) is 24.3 Å². The molecule has 2 aromatic rings. The highest BCUT2D eigenvalue weighted by Crippen LogP contribution is 2.09. The summed E-state index contributed by atoms with van der Waals surface area (Å²) in [4.78, 5) is 41.3. The zero-order valence-corrected chi connectivity index (χ0v) is 18.3. The van der Waals surface area contributed by atoms with Gasteiger partial charge in [0, 0.05) is 25.8 Å². The first-order valence-corrected chi connectivity index (χ1v) is 10.5. The van der Waals surface area contributed by atoms with E-state index in [2.05, 4.69) is 31.4 Å². The van der Waals surface area contributed by atoms with Crippen LogP contribution in [0.1, 0.15) is 22.5 Å². The predicted molar refractivity (Wildman–Crippen MR) is 118 cm³/mol. The number of hydrogen-bond donors (Lipinski definition) is 5. The fourth-order valence-electron chi connectivity index (χ4n) is 2.92. The molecule has 0 spiro atoms. The van der Waals surface area contributed by atoms with Gasteiger partial charge in [0.2, 0.25) is 11.4 Å². The molecule has 1 aliphatic rings. The Hall–Kier alpha value is -4.13. The van der Waals surface area contributed by atoms with Crippen LogP contribution in [0.4, 0.5) is 4.79 Å². The zero-order chi connectivity index (χ0) is 24.2. The minimum absolute atomic E-state index is 0.0944. The van der Waals surface area contributed by atoms with Gasteiger partial charge in [-0.25, -0.2) is 9.59 Å². The second kappa shape index (κ2) is 12.2. The summed E-state index contributed by atoms with van der Waals surface area (Å²) in [7, 11) is 0. The average Bonchev–Trinajstić information content (AvgIpc) is 3.55. The Morgan fingerprint density at radius 2 is 2.00 bits per heavy atom. The van der Waals surface area contributed by atoms with Crippen molar-refractivity contribution in [3.05, 3.63) is 53.9 Å². The number of nitrogens with zero attached hydrogens (tertiary/aromatic N) is 2. The van der Waals surface area contributed by atoms with Crippen molar-refractivity contribution in [2.24, 2.45) is 4.99 Å². The van der Waals surface area contributed by atoms with Crippen molar-refractivity contribution >= 4 is 23.9 Å². The lowest BCUT2D eigenvalue weighted by atomic mass is 10.1. The number of aliphatic carboxylic acids is 1. The molecule has 3 rings (SSSR count). The van der Waals surface area contributed by atoms with E-state index in [1.165, 1.54) is 12.3 Å². The summed E-state index contributed by atoms with van der Waals surface area (Å²) in [5, 5.41) is 23.9. The summed E-state index contributed by atoms with van der Waals surface area (Å²) >= 11 is 0. The maximum atomic E-state index is 12.5. The van der Waals surface area contributed by atoms with Gasteiger partial charge >= 0.3 is 12.1 Å². The zero-order valence-electron chi connectivity index (χ0n) is 18.3. The molecule has 13 heteroatoms. The van der Waals surface area contributed by atoms with E-state index >= 15 is 0 Å². The molecule has 13 nitrogen and oxygen atoms in total. The number of carboxylic acids is 1. The minimum Gasteiger partial charge on any atom is -0.478 e. The van der Waals surface area contributed by atoms with E-state index in [1.807, 2.05) is 6.07 Å². The third kappa shape index (κ3) is 7.20. The van der Waals surface area contributed by atoms with Crippen molar-refractivity contribution in [1.82, 2.24) is 26.4 Å².